The van der Waals surface area contributed by atoms with Gasteiger partial charge in [-0.05, 0) is 0 Å². The van der Waals surface area contributed by atoms with Crippen molar-refractivity contribution in [3.05, 3.63) is 17.6 Å². The molecule has 1 rings (SSSR count). The van der Waals surface area contributed by atoms with Crippen LogP contribution in [0.25, 0.3) is 0 Å². The van der Waals surface area contributed by atoms with Gasteiger partial charge in [-0.25, -0.2) is 13.8 Å². The summed E-state index contributed by atoms with van der Waals surface area (Å²) in [6.45, 7) is 0. The Morgan fingerprint density at radius 3 is 2.62 bits per heavy atom. The second-order valence-corrected chi connectivity index (χ2v) is 2.25. The van der Waals surface area contributed by atoms with Crippen LogP contribution in [0, 0.1) is 5.95 Å². The largest absolute Gasteiger partial charge is 0.496 e. The normalized spacial score (nSPS) is 10.5. The third-order valence-electron chi connectivity index (χ3n) is 1.43. The Kier molecular flexibility index (Phi) is 2.60. The summed E-state index contributed by atoms with van der Waals surface area (Å²) in [6, 6.07) is 1.05. The summed E-state index contributed by atoms with van der Waals surface area (Å²) >= 11 is 0. The van der Waals surface area contributed by atoms with Crippen LogP contribution in [0.3, 0.4) is 0 Å². The first-order valence-corrected chi connectivity index (χ1v) is 3.34. The van der Waals surface area contributed by atoms with E-state index < -0.39 is 17.9 Å². The number of anilines is 1. The summed E-state index contributed by atoms with van der Waals surface area (Å²) in [5.74, 6) is -1.79. The van der Waals surface area contributed by atoms with Crippen molar-refractivity contribution in [3.63, 3.8) is 0 Å². The van der Waals surface area contributed by atoms with Gasteiger partial charge in [0.1, 0.15) is 17.1 Å². The van der Waals surface area contributed by atoms with Crippen LogP contribution in [0.4, 0.5) is 19.0 Å². The number of methoxy groups -OCH3 is 1. The molecule has 0 spiro atoms. The van der Waals surface area contributed by atoms with Crippen molar-refractivity contribution < 1.29 is 17.9 Å². The van der Waals surface area contributed by atoms with E-state index in [1.54, 1.807) is 0 Å². The molecule has 0 radical (unpaired) electrons. The second kappa shape index (κ2) is 3.51. The van der Waals surface area contributed by atoms with Crippen LogP contribution >= 0.6 is 0 Å². The van der Waals surface area contributed by atoms with Gasteiger partial charge in [-0.1, -0.05) is 0 Å². The van der Waals surface area contributed by atoms with Crippen LogP contribution in [0.2, 0.25) is 0 Å². The van der Waals surface area contributed by atoms with Gasteiger partial charge < -0.3 is 10.5 Å². The lowest BCUT2D eigenvalue weighted by atomic mass is 10.2. The number of aromatic nitrogens is 1. The lowest BCUT2D eigenvalue weighted by Gasteiger charge is -2.08. The number of rotatable bonds is 2. The van der Waals surface area contributed by atoms with Gasteiger partial charge in [0.05, 0.1) is 7.11 Å². The second-order valence-electron chi connectivity index (χ2n) is 2.25. The lowest BCUT2D eigenvalue weighted by Crippen LogP contribution is -2.02. The molecular weight excluding hydrogens is 185 g/mol. The number of nitrogen functional groups attached to an aromatic ring is 1. The van der Waals surface area contributed by atoms with Crippen molar-refractivity contribution >= 4 is 5.82 Å². The van der Waals surface area contributed by atoms with Gasteiger partial charge in [0, 0.05) is 6.07 Å². The predicted octanol–water partition coefficient (Wildman–Crippen LogP) is 1.75. The molecule has 0 fully saturated rings. The smallest absolute Gasteiger partial charge is 0.271 e. The van der Waals surface area contributed by atoms with Gasteiger partial charge in [0.25, 0.3) is 6.43 Å². The molecule has 1 heterocycles. The maximum atomic E-state index is 12.8. The van der Waals surface area contributed by atoms with Crippen LogP contribution in [0.5, 0.6) is 5.75 Å². The van der Waals surface area contributed by atoms with Gasteiger partial charge in [0.15, 0.2) is 0 Å². The van der Waals surface area contributed by atoms with E-state index in [-0.39, 0.29) is 11.6 Å². The third-order valence-corrected chi connectivity index (χ3v) is 1.43. The highest BCUT2D eigenvalue weighted by Crippen LogP contribution is 2.31. The molecule has 1 aromatic rings. The van der Waals surface area contributed by atoms with E-state index in [0.29, 0.717) is 0 Å². The average molecular weight is 192 g/mol. The zero-order valence-electron chi connectivity index (χ0n) is 6.72. The number of nitrogens with two attached hydrogens (primary N) is 1. The lowest BCUT2D eigenvalue weighted by molar-refractivity contribution is 0.140. The van der Waals surface area contributed by atoms with Crippen LogP contribution in [-0.2, 0) is 0 Å². The molecule has 0 bridgehead atoms. The molecule has 13 heavy (non-hydrogen) atoms. The summed E-state index contributed by atoms with van der Waals surface area (Å²) < 4.78 is 41.7. The molecule has 0 aliphatic carbocycles. The van der Waals surface area contributed by atoms with Gasteiger partial charge in [-0.3, -0.25) is 0 Å². The first kappa shape index (κ1) is 9.63. The number of hydrogen-bond acceptors (Lipinski definition) is 3. The molecule has 2 N–H and O–H groups in total. The first-order valence-electron chi connectivity index (χ1n) is 3.34. The van der Waals surface area contributed by atoms with Crippen molar-refractivity contribution in [2.24, 2.45) is 0 Å². The van der Waals surface area contributed by atoms with Crippen LogP contribution in [0.1, 0.15) is 12.0 Å². The Labute approximate surface area is 72.3 Å². The maximum absolute atomic E-state index is 12.8. The number of ether oxygens (including phenoxy) is 1. The van der Waals surface area contributed by atoms with Crippen molar-refractivity contribution in [2.75, 3.05) is 12.8 Å². The summed E-state index contributed by atoms with van der Waals surface area (Å²) in [5.41, 5.74) is 4.26. The minimum atomic E-state index is -2.97. The quantitative estimate of drug-likeness (QED) is 0.726. The maximum Gasteiger partial charge on any atom is 0.271 e. The SMILES string of the molecule is COc1cc(N)nc(F)c1C(F)F. The zero-order chi connectivity index (χ0) is 10.0. The van der Waals surface area contributed by atoms with Crippen molar-refractivity contribution in [3.8, 4) is 5.75 Å². The number of nitrogens with zero attached hydrogens (tertiary/aromatic N) is 1. The van der Waals surface area contributed by atoms with Crippen LogP contribution in [-0.4, -0.2) is 12.1 Å². The Balaban J connectivity index is 3.30. The number of pyridine rings is 1. The number of hydrogen-bond donors (Lipinski definition) is 1. The molecule has 6 heteroatoms. The summed E-state index contributed by atoms with van der Waals surface area (Å²) in [6.07, 6.45) is -2.97. The molecule has 0 saturated heterocycles. The fraction of sp³-hybridized carbons (Fsp3) is 0.286. The van der Waals surface area contributed by atoms with Crippen molar-refractivity contribution in [2.45, 2.75) is 6.43 Å². The van der Waals surface area contributed by atoms with Crippen LogP contribution in [0.15, 0.2) is 6.07 Å². The highest BCUT2D eigenvalue weighted by molar-refractivity contribution is 5.43. The van der Waals surface area contributed by atoms with E-state index in [4.69, 9.17) is 5.73 Å². The molecule has 3 nitrogen and oxygen atoms in total. The molecule has 0 aliphatic rings. The molecular formula is C7H7F3N2O. The van der Waals surface area contributed by atoms with Crippen molar-refractivity contribution in [1.82, 2.24) is 4.98 Å². The Bertz CT molecular complexity index is 317. The van der Waals surface area contributed by atoms with E-state index in [9.17, 15) is 13.2 Å². The molecule has 1 aromatic heterocycles. The minimum Gasteiger partial charge on any atom is -0.496 e. The molecule has 0 aliphatic heterocycles. The fourth-order valence-electron chi connectivity index (χ4n) is 0.886. The van der Waals surface area contributed by atoms with Crippen LogP contribution < -0.4 is 10.5 Å². The summed E-state index contributed by atoms with van der Waals surface area (Å²) in [4.78, 5) is 3.05. The van der Waals surface area contributed by atoms with E-state index in [2.05, 4.69) is 9.72 Å². The number of halogens is 3. The monoisotopic (exact) mass is 192 g/mol. The molecule has 0 aromatic carbocycles. The average Bonchev–Trinajstić information content (AvgIpc) is 2.01. The summed E-state index contributed by atoms with van der Waals surface area (Å²) in [5, 5.41) is 0. The predicted molar refractivity (Wildman–Crippen MR) is 40.1 cm³/mol. The van der Waals surface area contributed by atoms with Gasteiger partial charge in [-0.2, -0.15) is 4.39 Å². The standard InChI is InChI=1S/C7H7F3N2O/c1-13-3-2-4(11)12-7(10)5(3)6(8)9/h2,6H,1H3,(H2,11,12). The first-order chi connectivity index (χ1) is 6.06. The van der Waals surface area contributed by atoms with Crippen molar-refractivity contribution in [1.29, 1.82) is 0 Å². The third kappa shape index (κ3) is 1.82. The van der Waals surface area contributed by atoms with Gasteiger partial charge >= 0.3 is 0 Å². The highest BCUT2D eigenvalue weighted by Gasteiger charge is 2.21. The molecule has 0 amide bonds. The Morgan fingerprint density at radius 1 is 1.54 bits per heavy atom. The summed E-state index contributed by atoms with van der Waals surface area (Å²) in [7, 11) is 1.15. The fourth-order valence-corrected chi connectivity index (χ4v) is 0.886. The van der Waals surface area contributed by atoms with E-state index in [1.807, 2.05) is 0 Å². The van der Waals surface area contributed by atoms with E-state index >= 15 is 0 Å². The number of alkyl halides is 2. The van der Waals surface area contributed by atoms with E-state index in [0.717, 1.165) is 13.2 Å². The molecule has 0 atom stereocenters. The van der Waals surface area contributed by atoms with E-state index in [1.165, 1.54) is 0 Å². The van der Waals surface area contributed by atoms with Gasteiger partial charge in [0.2, 0.25) is 5.95 Å². The molecule has 0 unspecified atom stereocenters. The molecule has 0 saturated carbocycles. The highest BCUT2D eigenvalue weighted by atomic mass is 19.3. The Morgan fingerprint density at radius 2 is 2.15 bits per heavy atom. The minimum absolute atomic E-state index is 0.196. The van der Waals surface area contributed by atoms with Gasteiger partial charge in [-0.15, -0.1) is 0 Å². The molecule has 72 valence electrons. The zero-order valence-corrected chi connectivity index (χ0v) is 6.72. The topological polar surface area (TPSA) is 48.1 Å². The Hall–Kier alpha value is -1.46.